The fraction of sp³-hybridized carbons (Fsp3) is 0.0769. The molecule has 98 valence electrons. The van der Waals surface area contributed by atoms with E-state index < -0.39 is 11.9 Å². The quantitative estimate of drug-likeness (QED) is 0.667. The SMILES string of the molecule is COC(=O)/C=C1\OC(=O)C(c2ccc(Br)cc2)=C1O. The molecule has 1 aromatic carbocycles. The molecule has 0 radical (unpaired) electrons. The minimum absolute atomic E-state index is 0.0163. The van der Waals surface area contributed by atoms with Gasteiger partial charge in [-0.15, -0.1) is 0 Å². The van der Waals surface area contributed by atoms with Gasteiger partial charge in [-0.3, -0.25) is 0 Å². The topological polar surface area (TPSA) is 72.8 Å². The molecule has 0 saturated heterocycles. The van der Waals surface area contributed by atoms with Crippen molar-refractivity contribution in [3.63, 3.8) is 0 Å². The number of esters is 2. The Morgan fingerprint density at radius 3 is 2.58 bits per heavy atom. The summed E-state index contributed by atoms with van der Waals surface area (Å²) in [7, 11) is 1.19. The Bertz CT molecular complexity index is 598. The number of halogens is 1. The fourth-order valence-corrected chi connectivity index (χ4v) is 1.82. The zero-order valence-electron chi connectivity index (χ0n) is 9.84. The van der Waals surface area contributed by atoms with Gasteiger partial charge in [0.2, 0.25) is 0 Å². The van der Waals surface area contributed by atoms with Gasteiger partial charge in [0.25, 0.3) is 0 Å². The van der Waals surface area contributed by atoms with E-state index in [1.54, 1.807) is 24.3 Å². The number of hydrogen-bond donors (Lipinski definition) is 1. The molecule has 0 aliphatic carbocycles. The summed E-state index contributed by atoms with van der Waals surface area (Å²) < 4.78 is 10.1. The van der Waals surface area contributed by atoms with Crippen molar-refractivity contribution in [3.8, 4) is 0 Å². The molecule has 19 heavy (non-hydrogen) atoms. The first-order chi connectivity index (χ1) is 9.02. The highest BCUT2D eigenvalue weighted by atomic mass is 79.9. The van der Waals surface area contributed by atoms with Crippen molar-refractivity contribution in [1.29, 1.82) is 0 Å². The summed E-state index contributed by atoms with van der Waals surface area (Å²) in [6.07, 6.45) is 0.916. The summed E-state index contributed by atoms with van der Waals surface area (Å²) in [6, 6.07) is 6.76. The zero-order valence-corrected chi connectivity index (χ0v) is 11.4. The normalized spacial score (nSPS) is 16.7. The molecule has 0 bridgehead atoms. The van der Waals surface area contributed by atoms with E-state index >= 15 is 0 Å². The van der Waals surface area contributed by atoms with E-state index in [2.05, 4.69) is 20.7 Å². The molecule has 5 nitrogen and oxygen atoms in total. The lowest BCUT2D eigenvalue weighted by atomic mass is 10.1. The van der Waals surface area contributed by atoms with E-state index in [1.165, 1.54) is 7.11 Å². The van der Waals surface area contributed by atoms with Crippen LogP contribution in [0.3, 0.4) is 0 Å². The first-order valence-electron chi connectivity index (χ1n) is 5.24. The van der Waals surface area contributed by atoms with Gasteiger partial charge in [0.05, 0.1) is 13.2 Å². The van der Waals surface area contributed by atoms with Crippen LogP contribution >= 0.6 is 15.9 Å². The summed E-state index contributed by atoms with van der Waals surface area (Å²) in [5.74, 6) is -2.02. The Morgan fingerprint density at radius 2 is 2.00 bits per heavy atom. The Kier molecular flexibility index (Phi) is 3.71. The van der Waals surface area contributed by atoms with E-state index in [0.29, 0.717) is 5.56 Å². The number of benzene rings is 1. The molecule has 0 saturated carbocycles. The second kappa shape index (κ2) is 5.27. The van der Waals surface area contributed by atoms with E-state index in [1.807, 2.05) is 0 Å². The summed E-state index contributed by atoms with van der Waals surface area (Å²) >= 11 is 3.27. The molecule has 2 rings (SSSR count). The van der Waals surface area contributed by atoms with Crippen LogP contribution in [0.2, 0.25) is 0 Å². The molecule has 6 heteroatoms. The molecule has 1 heterocycles. The van der Waals surface area contributed by atoms with Crippen LogP contribution in [0.1, 0.15) is 5.56 Å². The van der Waals surface area contributed by atoms with Gasteiger partial charge in [-0.05, 0) is 17.7 Å². The maximum Gasteiger partial charge on any atom is 0.348 e. The summed E-state index contributed by atoms with van der Waals surface area (Å²) in [5, 5.41) is 9.93. The Balaban J connectivity index is 2.44. The standard InChI is InChI=1S/C13H9BrO5/c1-18-10(15)6-9-12(16)11(13(17)19-9)7-2-4-8(14)5-3-7/h2-6,16H,1H3/b9-6-. The number of rotatable bonds is 2. The number of ether oxygens (including phenoxy) is 2. The molecule has 1 aliphatic rings. The molecular weight excluding hydrogens is 316 g/mol. The van der Waals surface area contributed by atoms with Gasteiger partial charge in [0.15, 0.2) is 11.5 Å². The average molecular weight is 325 g/mol. The first kappa shape index (κ1) is 13.4. The van der Waals surface area contributed by atoms with Crippen molar-refractivity contribution in [3.05, 3.63) is 51.9 Å². The molecule has 0 spiro atoms. The zero-order chi connectivity index (χ0) is 14.0. The molecule has 0 atom stereocenters. The van der Waals surface area contributed by atoms with Gasteiger partial charge in [-0.1, -0.05) is 28.1 Å². The molecule has 0 aromatic heterocycles. The Hall–Kier alpha value is -2.08. The second-order valence-electron chi connectivity index (χ2n) is 3.65. The highest BCUT2D eigenvalue weighted by Gasteiger charge is 2.31. The minimum Gasteiger partial charge on any atom is -0.504 e. The highest BCUT2D eigenvalue weighted by molar-refractivity contribution is 9.10. The summed E-state index contributed by atoms with van der Waals surface area (Å²) in [4.78, 5) is 22.8. The van der Waals surface area contributed by atoms with E-state index in [4.69, 9.17) is 4.74 Å². The molecule has 0 amide bonds. The van der Waals surface area contributed by atoms with Crippen molar-refractivity contribution >= 4 is 33.4 Å². The lowest BCUT2D eigenvalue weighted by Crippen LogP contribution is -2.00. The number of carbonyl (C=O) groups excluding carboxylic acids is 2. The largest absolute Gasteiger partial charge is 0.504 e. The van der Waals surface area contributed by atoms with Crippen molar-refractivity contribution in [2.24, 2.45) is 0 Å². The van der Waals surface area contributed by atoms with Gasteiger partial charge in [-0.2, -0.15) is 0 Å². The van der Waals surface area contributed by atoms with Crippen LogP contribution in [0.4, 0.5) is 0 Å². The molecule has 1 N–H and O–H groups in total. The third kappa shape index (κ3) is 2.68. The van der Waals surface area contributed by atoms with Crippen LogP contribution in [0, 0.1) is 0 Å². The van der Waals surface area contributed by atoms with Crippen molar-refractivity contribution < 1.29 is 24.2 Å². The van der Waals surface area contributed by atoms with E-state index in [-0.39, 0.29) is 17.1 Å². The number of aliphatic hydroxyl groups is 1. The third-order valence-electron chi connectivity index (χ3n) is 2.46. The van der Waals surface area contributed by atoms with E-state index in [9.17, 15) is 14.7 Å². The average Bonchev–Trinajstić information content (AvgIpc) is 2.66. The van der Waals surface area contributed by atoms with Crippen LogP contribution in [-0.2, 0) is 19.1 Å². The number of carbonyl (C=O) groups is 2. The monoisotopic (exact) mass is 324 g/mol. The van der Waals surface area contributed by atoms with E-state index in [0.717, 1.165) is 10.5 Å². The lowest BCUT2D eigenvalue weighted by molar-refractivity contribution is -0.135. The van der Waals surface area contributed by atoms with Crippen LogP contribution in [0.5, 0.6) is 0 Å². The number of aliphatic hydroxyl groups excluding tert-OH is 1. The second-order valence-corrected chi connectivity index (χ2v) is 4.57. The molecule has 0 fully saturated rings. The lowest BCUT2D eigenvalue weighted by Gasteiger charge is -1.99. The smallest absolute Gasteiger partial charge is 0.348 e. The van der Waals surface area contributed by atoms with Crippen molar-refractivity contribution in [2.75, 3.05) is 7.11 Å². The van der Waals surface area contributed by atoms with Crippen LogP contribution in [-0.4, -0.2) is 24.2 Å². The first-order valence-corrected chi connectivity index (χ1v) is 6.03. The Labute approximate surface area is 117 Å². The molecule has 1 aromatic rings. The van der Waals surface area contributed by atoms with Gasteiger partial charge in [0, 0.05) is 4.47 Å². The number of hydrogen-bond acceptors (Lipinski definition) is 5. The molecule has 1 aliphatic heterocycles. The maximum absolute atomic E-state index is 11.7. The highest BCUT2D eigenvalue weighted by Crippen LogP contribution is 2.31. The maximum atomic E-state index is 11.7. The Morgan fingerprint density at radius 1 is 1.37 bits per heavy atom. The van der Waals surface area contributed by atoms with Gasteiger partial charge in [0.1, 0.15) is 5.57 Å². The molecule has 0 unspecified atom stereocenters. The summed E-state index contributed by atoms with van der Waals surface area (Å²) in [5.41, 5.74) is 0.515. The van der Waals surface area contributed by atoms with Crippen LogP contribution < -0.4 is 0 Å². The van der Waals surface area contributed by atoms with Gasteiger partial charge in [-0.25, -0.2) is 9.59 Å². The predicted molar refractivity (Wildman–Crippen MR) is 69.9 cm³/mol. The van der Waals surface area contributed by atoms with Crippen LogP contribution in [0.25, 0.3) is 5.57 Å². The van der Waals surface area contributed by atoms with Crippen molar-refractivity contribution in [2.45, 2.75) is 0 Å². The molecular formula is C13H9BrO5. The predicted octanol–water partition coefficient (Wildman–Crippen LogP) is 2.33. The van der Waals surface area contributed by atoms with Crippen molar-refractivity contribution in [1.82, 2.24) is 0 Å². The third-order valence-corrected chi connectivity index (χ3v) is 2.99. The van der Waals surface area contributed by atoms with Crippen LogP contribution in [0.15, 0.2) is 46.3 Å². The van der Waals surface area contributed by atoms with Gasteiger partial charge < -0.3 is 14.6 Å². The number of methoxy groups -OCH3 is 1. The fourth-order valence-electron chi connectivity index (χ4n) is 1.55. The summed E-state index contributed by atoms with van der Waals surface area (Å²) in [6.45, 7) is 0. The number of cyclic esters (lactones) is 1. The minimum atomic E-state index is -0.716. The van der Waals surface area contributed by atoms with Gasteiger partial charge >= 0.3 is 11.9 Å².